The van der Waals surface area contributed by atoms with Crippen molar-refractivity contribution >= 4 is 23.6 Å². The smallest absolute Gasteiger partial charge is 0.239 e. The maximum Gasteiger partial charge on any atom is 0.239 e. The van der Waals surface area contributed by atoms with Gasteiger partial charge >= 0.3 is 0 Å². The molecule has 1 aliphatic heterocycles. The lowest BCUT2D eigenvalue weighted by Gasteiger charge is -2.59. The highest BCUT2D eigenvalue weighted by atomic mass is 32.2. The quantitative estimate of drug-likeness (QED) is 0.863. The van der Waals surface area contributed by atoms with Crippen LogP contribution >= 0.6 is 11.8 Å². The Morgan fingerprint density at radius 3 is 2.36 bits per heavy atom. The van der Waals surface area contributed by atoms with E-state index in [1.807, 2.05) is 0 Å². The molecule has 1 heterocycles. The Bertz CT molecular complexity index is 458. The predicted molar refractivity (Wildman–Crippen MR) is 87.2 cm³/mol. The number of hydrogen-bond donors (Lipinski definition) is 1. The molecule has 1 atom stereocenters. The molecule has 5 rings (SSSR count). The van der Waals surface area contributed by atoms with Crippen molar-refractivity contribution in [1.82, 2.24) is 10.2 Å². The molecule has 5 heteroatoms. The molecule has 4 saturated carbocycles. The van der Waals surface area contributed by atoms with Crippen molar-refractivity contribution in [2.24, 2.45) is 23.2 Å². The van der Waals surface area contributed by atoms with E-state index in [1.54, 1.807) is 16.7 Å². The first kappa shape index (κ1) is 14.9. The predicted octanol–water partition coefficient (Wildman–Crippen LogP) is 2.24. The van der Waals surface area contributed by atoms with Gasteiger partial charge in [0.2, 0.25) is 11.8 Å². The molecule has 0 spiro atoms. The fourth-order valence-corrected chi connectivity index (χ4v) is 6.77. The zero-order valence-corrected chi connectivity index (χ0v) is 14.2. The van der Waals surface area contributed by atoms with Crippen LogP contribution in [0.3, 0.4) is 0 Å². The van der Waals surface area contributed by atoms with Gasteiger partial charge in [-0.3, -0.25) is 9.59 Å². The molecular formula is C17H26N2O2S. The summed E-state index contributed by atoms with van der Waals surface area (Å²) in [7, 11) is 0. The van der Waals surface area contributed by atoms with Crippen LogP contribution in [-0.2, 0) is 9.59 Å². The number of carbonyl (C=O) groups excluding carboxylic acids is 2. The van der Waals surface area contributed by atoms with Gasteiger partial charge in [0, 0.05) is 6.04 Å². The summed E-state index contributed by atoms with van der Waals surface area (Å²) in [4.78, 5) is 25.6. The lowest BCUT2D eigenvalue weighted by molar-refractivity contribution is -0.134. The summed E-state index contributed by atoms with van der Waals surface area (Å²) in [6.45, 7) is 2.44. The highest BCUT2D eigenvalue weighted by Gasteiger charge is 2.53. The Labute approximate surface area is 136 Å². The van der Waals surface area contributed by atoms with Crippen molar-refractivity contribution in [3.05, 3.63) is 0 Å². The molecule has 2 amide bonds. The van der Waals surface area contributed by atoms with Crippen molar-refractivity contribution in [2.45, 2.75) is 51.5 Å². The topological polar surface area (TPSA) is 49.4 Å². The highest BCUT2D eigenvalue weighted by molar-refractivity contribution is 8.00. The van der Waals surface area contributed by atoms with Crippen LogP contribution in [0.4, 0.5) is 0 Å². The van der Waals surface area contributed by atoms with Gasteiger partial charge in [-0.05, 0) is 68.6 Å². The fourth-order valence-electron chi connectivity index (χ4n) is 5.86. The van der Waals surface area contributed by atoms with Crippen LogP contribution in [0.25, 0.3) is 0 Å². The lowest BCUT2D eigenvalue weighted by atomic mass is 9.48. The van der Waals surface area contributed by atoms with Crippen LogP contribution in [-0.4, -0.2) is 40.9 Å². The van der Waals surface area contributed by atoms with Gasteiger partial charge in [-0.2, -0.15) is 0 Å². The van der Waals surface area contributed by atoms with Crippen molar-refractivity contribution in [3.8, 4) is 0 Å². The minimum atomic E-state index is 0.0269. The summed E-state index contributed by atoms with van der Waals surface area (Å²) in [5, 5.41) is 3.24. The van der Waals surface area contributed by atoms with Crippen LogP contribution < -0.4 is 5.32 Å². The third-order valence-electron chi connectivity index (χ3n) is 6.54. The molecule has 1 unspecified atom stereocenters. The van der Waals surface area contributed by atoms with Gasteiger partial charge in [0.1, 0.15) is 6.54 Å². The molecule has 0 radical (unpaired) electrons. The van der Waals surface area contributed by atoms with Crippen molar-refractivity contribution < 1.29 is 9.59 Å². The van der Waals surface area contributed by atoms with Crippen LogP contribution in [0.5, 0.6) is 0 Å². The number of hydrogen-bond acceptors (Lipinski definition) is 3. The first-order valence-electron chi connectivity index (χ1n) is 8.69. The molecule has 0 aromatic rings. The average molecular weight is 322 g/mol. The summed E-state index contributed by atoms with van der Waals surface area (Å²) >= 11 is 1.59. The average Bonchev–Trinajstić information content (AvgIpc) is 2.82. The molecule has 0 aromatic carbocycles. The Morgan fingerprint density at radius 1 is 1.27 bits per heavy atom. The molecule has 1 N–H and O–H groups in total. The summed E-state index contributed by atoms with van der Waals surface area (Å²) in [5.74, 6) is 4.03. The second kappa shape index (κ2) is 5.43. The number of carbonyl (C=O) groups is 2. The Kier molecular flexibility index (Phi) is 3.67. The first-order chi connectivity index (χ1) is 10.5. The highest BCUT2D eigenvalue weighted by Crippen LogP contribution is 2.61. The lowest BCUT2D eigenvalue weighted by Crippen LogP contribution is -2.56. The van der Waals surface area contributed by atoms with Crippen molar-refractivity contribution in [2.75, 3.05) is 18.2 Å². The zero-order valence-electron chi connectivity index (χ0n) is 13.3. The third kappa shape index (κ3) is 2.55. The second-order valence-electron chi connectivity index (χ2n) is 8.14. The number of thioether (sulfide) groups is 1. The molecule has 0 aromatic heterocycles. The molecule has 5 fully saturated rings. The van der Waals surface area contributed by atoms with E-state index >= 15 is 0 Å². The Balaban J connectivity index is 1.38. The minimum Gasteiger partial charge on any atom is -0.352 e. The van der Waals surface area contributed by atoms with Crippen molar-refractivity contribution in [3.63, 3.8) is 0 Å². The fraction of sp³-hybridized carbons (Fsp3) is 0.882. The van der Waals surface area contributed by atoms with E-state index in [4.69, 9.17) is 0 Å². The monoisotopic (exact) mass is 322 g/mol. The standard InChI is InChI=1S/C17H26N2O2S/c1-11(18-15(20)8-19-10-22-9-16(19)21)17-5-12-2-13(6-17)4-14(3-12)7-17/h11-14H,2-10H2,1H3,(H,18,20). The summed E-state index contributed by atoms with van der Waals surface area (Å²) in [6, 6.07) is 0.249. The third-order valence-corrected chi connectivity index (χ3v) is 7.49. The molecule has 4 bridgehead atoms. The van der Waals surface area contributed by atoms with Gasteiger partial charge in [-0.25, -0.2) is 0 Å². The summed E-state index contributed by atoms with van der Waals surface area (Å²) in [6.07, 6.45) is 8.20. The normalized spacial score (nSPS) is 41.0. The molecule has 4 aliphatic carbocycles. The van der Waals surface area contributed by atoms with E-state index < -0.39 is 0 Å². The maximum absolute atomic E-state index is 12.3. The van der Waals surface area contributed by atoms with Gasteiger partial charge < -0.3 is 10.2 Å². The van der Waals surface area contributed by atoms with Crippen LogP contribution in [0.2, 0.25) is 0 Å². The van der Waals surface area contributed by atoms with Crippen molar-refractivity contribution in [1.29, 1.82) is 0 Å². The minimum absolute atomic E-state index is 0.0269. The number of amides is 2. The molecular weight excluding hydrogens is 296 g/mol. The van der Waals surface area contributed by atoms with Gasteiger partial charge in [-0.1, -0.05) is 0 Å². The molecule has 4 nitrogen and oxygen atoms in total. The number of rotatable bonds is 4. The number of nitrogens with one attached hydrogen (secondary N) is 1. The van der Waals surface area contributed by atoms with E-state index in [9.17, 15) is 9.59 Å². The van der Waals surface area contributed by atoms with Gasteiger partial charge in [0.15, 0.2) is 0 Å². The van der Waals surface area contributed by atoms with Gasteiger partial charge in [0.25, 0.3) is 0 Å². The SMILES string of the molecule is CC(NC(=O)CN1CSCC1=O)C12CC3CC(CC(C3)C1)C2. The first-order valence-corrected chi connectivity index (χ1v) is 9.84. The van der Waals surface area contributed by atoms with Crippen LogP contribution in [0.1, 0.15) is 45.4 Å². The van der Waals surface area contributed by atoms with Gasteiger partial charge in [-0.15, -0.1) is 11.8 Å². The maximum atomic E-state index is 12.3. The van der Waals surface area contributed by atoms with E-state index in [0.29, 0.717) is 17.0 Å². The molecule has 122 valence electrons. The van der Waals surface area contributed by atoms with Crippen LogP contribution in [0.15, 0.2) is 0 Å². The van der Waals surface area contributed by atoms with Crippen LogP contribution in [0, 0.1) is 23.2 Å². The second-order valence-corrected chi connectivity index (χ2v) is 9.09. The van der Waals surface area contributed by atoms with E-state index in [2.05, 4.69) is 12.2 Å². The zero-order chi connectivity index (χ0) is 15.3. The largest absolute Gasteiger partial charge is 0.352 e. The summed E-state index contributed by atoms with van der Waals surface area (Å²) in [5.41, 5.74) is 0.341. The molecule has 5 aliphatic rings. The van der Waals surface area contributed by atoms with E-state index in [0.717, 1.165) is 17.8 Å². The van der Waals surface area contributed by atoms with Gasteiger partial charge in [0.05, 0.1) is 11.6 Å². The molecule has 22 heavy (non-hydrogen) atoms. The Hall–Kier alpha value is -0.710. The number of nitrogens with zero attached hydrogens (tertiary/aromatic N) is 1. The molecule has 1 saturated heterocycles. The van der Waals surface area contributed by atoms with E-state index in [-0.39, 0.29) is 24.4 Å². The van der Waals surface area contributed by atoms with E-state index in [1.165, 1.54) is 38.5 Å². The summed E-state index contributed by atoms with van der Waals surface area (Å²) < 4.78 is 0. The Morgan fingerprint density at radius 2 is 1.86 bits per heavy atom.